The molecule has 1 heterocycles. The quantitative estimate of drug-likeness (QED) is 0.604. The molecule has 0 aromatic heterocycles. The lowest BCUT2D eigenvalue weighted by atomic mass is 10.1. The van der Waals surface area contributed by atoms with Crippen LogP contribution in [0.3, 0.4) is 0 Å². The van der Waals surface area contributed by atoms with Crippen LogP contribution in [0, 0.1) is 0 Å². The van der Waals surface area contributed by atoms with Gasteiger partial charge in [-0.15, -0.1) is 0 Å². The van der Waals surface area contributed by atoms with Gasteiger partial charge in [0.25, 0.3) is 0 Å². The van der Waals surface area contributed by atoms with Gasteiger partial charge < -0.3 is 15.0 Å². The zero-order chi connectivity index (χ0) is 17.1. The Morgan fingerprint density at radius 3 is 2.32 bits per heavy atom. The molecule has 10 heteroatoms. The number of amides is 2. The molecule has 0 radical (unpaired) electrons. The number of nitrogens with one attached hydrogen (secondary N) is 1. The van der Waals surface area contributed by atoms with E-state index in [4.69, 9.17) is 0 Å². The number of nitrogens with zero attached hydrogens (tertiary/aromatic N) is 2. The Balaban J connectivity index is 2.90. The Labute approximate surface area is 129 Å². The Morgan fingerprint density at radius 2 is 1.86 bits per heavy atom. The Bertz CT molecular complexity index is 561. The summed E-state index contributed by atoms with van der Waals surface area (Å²) in [6.07, 6.45) is 1.04. The fourth-order valence-corrected chi connectivity index (χ4v) is 3.03. The van der Waals surface area contributed by atoms with E-state index in [0.717, 1.165) is 10.6 Å². The molecule has 2 atom stereocenters. The molecule has 0 unspecified atom stereocenters. The first-order valence-corrected chi connectivity index (χ1v) is 8.53. The summed E-state index contributed by atoms with van der Waals surface area (Å²) in [5, 5.41) is 2.43. The fraction of sp³-hybridized carbons (Fsp3) is 0.750. The first-order chi connectivity index (χ1) is 10.1. The minimum absolute atomic E-state index is 0.118. The van der Waals surface area contributed by atoms with Crippen molar-refractivity contribution in [3.8, 4) is 0 Å². The van der Waals surface area contributed by atoms with Gasteiger partial charge in [-0.1, -0.05) is 0 Å². The number of sulfonamides is 1. The molecule has 1 saturated heterocycles. The molecule has 1 aliphatic heterocycles. The third-order valence-electron chi connectivity index (χ3n) is 3.43. The maximum Gasteiger partial charge on any atom is 0.328 e. The first-order valence-electron chi connectivity index (χ1n) is 6.68. The molecule has 0 aromatic carbocycles. The van der Waals surface area contributed by atoms with E-state index in [9.17, 15) is 22.8 Å². The van der Waals surface area contributed by atoms with Gasteiger partial charge >= 0.3 is 5.97 Å². The lowest BCUT2D eigenvalue weighted by molar-refractivity contribution is -0.147. The summed E-state index contributed by atoms with van der Waals surface area (Å²) < 4.78 is 28.9. The minimum atomic E-state index is -3.47. The SMILES string of the molecule is COC(=O)[C@@H](C)NC(=O)[C@@H]1CN(S(C)(=O)=O)CCN1C(C)=O. The standard InChI is InChI=1S/C12H21N3O6S/c1-8(12(18)21-3)13-11(17)10-7-14(22(4,19)20)5-6-15(10)9(2)16/h8,10H,5-7H2,1-4H3,(H,13,17)/t8-,10+/m1/s1. The first kappa shape index (κ1) is 18.4. The summed E-state index contributed by atoms with van der Waals surface area (Å²) in [7, 11) is -2.27. The van der Waals surface area contributed by atoms with Crippen molar-refractivity contribution < 1.29 is 27.5 Å². The summed E-state index contributed by atoms with van der Waals surface area (Å²) in [5.41, 5.74) is 0. The van der Waals surface area contributed by atoms with Crippen molar-refractivity contribution in [3.63, 3.8) is 0 Å². The number of hydrogen-bond acceptors (Lipinski definition) is 6. The van der Waals surface area contributed by atoms with E-state index in [1.165, 1.54) is 25.9 Å². The van der Waals surface area contributed by atoms with E-state index in [0.29, 0.717) is 0 Å². The summed E-state index contributed by atoms with van der Waals surface area (Å²) in [5.74, 6) is -1.56. The molecule has 0 aliphatic carbocycles. The zero-order valence-electron chi connectivity index (χ0n) is 13.0. The van der Waals surface area contributed by atoms with Gasteiger partial charge in [-0.05, 0) is 6.92 Å². The largest absolute Gasteiger partial charge is 0.467 e. The van der Waals surface area contributed by atoms with Crippen LogP contribution in [0.5, 0.6) is 0 Å². The zero-order valence-corrected chi connectivity index (χ0v) is 13.8. The molecule has 0 spiro atoms. The molecular formula is C12H21N3O6S. The lowest BCUT2D eigenvalue weighted by Crippen LogP contribution is -2.62. The molecule has 1 N–H and O–H groups in total. The van der Waals surface area contributed by atoms with Crippen LogP contribution in [0.25, 0.3) is 0 Å². The van der Waals surface area contributed by atoms with Crippen molar-refractivity contribution in [1.29, 1.82) is 0 Å². The molecular weight excluding hydrogens is 314 g/mol. The fourth-order valence-electron chi connectivity index (χ4n) is 2.21. The van der Waals surface area contributed by atoms with Gasteiger partial charge in [0, 0.05) is 26.6 Å². The highest BCUT2D eigenvalue weighted by atomic mass is 32.2. The van der Waals surface area contributed by atoms with Gasteiger partial charge in [-0.25, -0.2) is 13.2 Å². The predicted octanol–water partition coefficient (Wildman–Crippen LogP) is -1.84. The van der Waals surface area contributed by atoms with E-state index in [2.05, 4.69) is 10.1 Å². The van der Waals surface area contributed by atoms with Crippen molar-refractivity contribution in [3.05, 3.63) is 0 Å². The van der Waals surface area contributed by atoms with Crippen molar-refractivity contribution in [2.45, 2.75) is 25.9 Å². The van der Waals surface area contributed by atoms with Gasteiger partial charge in [0.15, 0.2) is 0 Å². The van der Waals surface area contributed by atoms with Crippen LogP contribution in [0.2, 0.25) is 0 Å². The van der Waals surface area contributed by atoms with Crippen molar-refractivity contribution >= 4 is 27.8 Å². The third-order valence-corrected chi connectivity index (χ3v) is 4.70. The van der Waals surface area contributed by atoms with Gasteiger partial charge in [-0.3, -0.25) is 9.59 Å². The average Bonchev–Trinajstić information content (AvgIpc) is 2.44. The molecule has 0 saturated carbocycles. The number of hydrogen-bond donors (Lipinski definition) is 1. The van der Waals surface area contributed by atoms with E-state index in [1.807, 2.05) is 0 Å². The minimum Gasteiger partial charge on any atom is -0.467 e. The molecule has 2 amide bonds. The number of ether oxygens (including phenoxy) is 1. The van der Waals surface area contributed by atoms with Gasteiger partial charge in [-0.2, -0.15) is 4.31 Å². The number of carbonyl (C=O) groups is 3. The predicted molar refractivity (Wildman–Crippen MR) is 77.2 cm³/mol. The van der Waals surface area contributed by atoms with Crippen molar-refractivity contribution in [2.24, 2.45) is 0 Å². The van der Waals surface area contributed by atoms with Crippen LogP contribution in [-0.4, -0.2) is 80.5 Å². The van der Waals surface area contributed by atoms with Gasteiger partial charge in [0.2, 0.25) is 21.8 Å². The van der Waals surface area contributed by atoms with Crippen LogP contribution >= 0.6 is 0 Å². The maximum atomic E-state index is 12.3. The van der Waals surface area contributed by atoms with Crippen molar-refractivity contribution in [2.75, 3.05) is 33.0 Å². The molecule has 9 nitrogen and oxygen atoms in total. The highest BCUT2D eigenvalue weighted by Gasteiger charge is 2.37. The number of carbonyl (C=O) groups excluding carboxylic acids is 3. The van der Waals surface area contributed by atoms with E-state index >= 15 is 0 Å². The molecule has 0 aromatic rings. The molecule has 1 aliphatic rings. The molecule has 126 valence electrons. The summed E-state index contributed by atoms with van der Waals surface area (Å²) in [6.45, 7) is 2.86. The highest BCUT2D eigenvalue weighted by Crippen LogP contribution is 2.13. The van der Waals surface area contributed by atoms with Crippen LogP contribution in [0.1, 0.15) is 13.8 Å². The summed E-state index contributed by atoms with van der Waals surface area (Å²) >= 11 is 0. The summed E-state index contributed by atoms with van der Waals surface area (Å²) in [4.78, 5) is 36.6. The van der Waals surface area contributed by atoms with Crippen LogP contribution in [0.15, 0.2) is 0 Å². The molecule has 0 bridgehead atoms. The Hall–Kier alpha value is -1.68. The highest BCUT2D eigenvalue weighted by molar-refractivity contribution is 7.88. The van der Waals surface area contributed by atoms with E-state index in [-0.39, 0.29) is 25.5 Å². The number of piperazine rings is 1. The van der Waals surface area contributed by atoms with Crippen LogP contribution < -0.4 is 5.32 Å². The Kier molecular flexibility index (Phi) is 5.89. The van der Waals surface area contributed by atoms with E-state index < -0.39 is 34.0 Å². The van der Waals surface area contributed by atoms with Gasteiger partial charge in [0.1, 0.15) is 12.1 Å². The molecule has 1 rings (SSSR count). The molecule has 22 heavy (non-hydrogen) atoms. The number of rotatable bonds is 4. The van der Waals surface area contributed by atoms with Crippen LogP contribution in [0.4, 0.5) is 0 Å². The van der Waals surface area contributed by atoms with Crippen LogP contribution in [-0.2, 0) is 29.1 Å². The lowest BCUT2D eigenvalue weighted by Gasteiger charge is -2.39. The normalized spacial score (nSPS) is 21.1. The second-order valence-electron chi connectivity index (χ2n) is 5.10. The van der Waals surface area contributed by atoms with Gasteiger partial charge in [0.05, 0.1) is 13.4 Å². The maximum absolute atomic E-state index is 12.3. The third kappa shape index (κ3) is 4.41. The topological polar surface area (TPSA) is 113 Å². The Morgan fingerprint density at radius 1 is 1.27 bits per heavy atom. The average molecular weight is 335 g/mol. The van der Waals surface area contributed by atoms with E-state index in [1.54, 1.807) is 0 Å². The summed E-state index contributed by atoms with van der Waals surface area (Å²) in [6, 6.07) is -1.87. The monoisotopic (exact) mass is 335 g/mol. The second-order valence-corrected chi connectivity index (χ2v) is 7.09. The smallest absolute Gasteiger partial charge is 0.328 e. The van der Waals surface area contributed by atoms with Crippen molar-refractivity contribution in [1.82, 2.24) is 14.5 Å². The number of methoxy groups -OCH3 is 1. The number of esters is 1. The second kappa shape index (κ2) is 7.05. The molecule has 1 fully saturated rings.